The average molecular weight is 225 g/mol. The van der Waals surface area contributed by atoms with Crippen LogP contribution in [0.25, 0.3) is 0 Å². The fraction of sp³-hybridized carbons (Fsp3) is 0.833. The van der Waals surface area contributed by atoms with Gasteiger partial charge in [-0.15, -0.1) is 0 Å². The molecule has 2 N–H and O–H groups in total. The van der Waals surface area contributed by atoms with E-state index >= 15 is 0 Å². The molecule has 0 spiro atoms. The van der Waals surface area contributed by atoms with Crippen LogP contribution in [0, 0.1) is 17.8 Å². The number of amides is 1. The summed E-state index contributed by atoms with van der Waals surface area (Å²) in [5.74, 6) is -0.397. The van der Waals surface area contributed by atoms with Gasteiger partial charge in [0.15, 0.2) is 0 Å². The van der Waals surface area contributed by atoms with Crippen LogP contribution in [0.5, 0.6) is 0 Å². The van der Waals surface area contributed by atoms with Crippen LogP contribution in [0.15, 0.2) is 0 Å². The molecule has 2 saturated carbocycles. The predicted octanol–water partition coefficient (Wildman–Crippen LogP) is 1.40. The first kappa shape index (κ1) is 11.4. The topological polar surface area (TPSA) is 66.4 Å². The first-order valence-corrected chi connectivity index (χ1v) is 6.17. The van der Waals surface area contributed by atoms with Crippen LogP contribution in [0.3, 0.4) is 0 Å². The van der Waals surface area contributed by atoms with Crippen molar-refractivity contribution in [3.8, 4) is 0 Å². The summed E-state index contributed by atoms with van der Waals surface area (Å²) < 4.78 is 0. The molecule has 0 aromatic carbocycles. The second-order valence-electron chi connectivity index (χ2n) is 5.09. The number of carboxylic acids is 1. The SMILES string of the molecule is O=C(O)C1CCC(C(=O)NCC2CCC2)C1. The molecular formula is C12H19NO3. The maximum atomic E-state index is 11.8. The Balaban J connectivity index is 1.71. The third-order valence-corrected chi connectivity index (χ3v) is 3.94. The molecule has 2 unspecified atom stereocenters. The Morgan fingerprint density at radius 1 is 1.12 bits per heavy atom. The molecule has 2 atom stereocenters. The summed E-state index contributed by atoms with van der Waals surface area (Å²) in [6.07, 6.45) is 5.63. The summed E-state index contributed by atoms with van der Waals surface area (Å²) in [4.78, 5) is 22.5. The van der Waals surface area contributed by atoms with Crippen LogP contribution in [-0.2, 0) is 9.59 Å². The Morgan fingerprint density at radius 3 is 2.31 bits per heavy atom. The molecule has 0 bridgehead atoms. The molecule has 2 aliphatic rings. The maximum Gasteiger partial charge on any atom is 0.306 e. The first-order valence-electron chi connectivity index (χ1n) is 6.17. The van der Waals surface area contributed by atoms with Crippen molar-refractivity contribution in [3.05, 3.63) is 0 Å². The molecule has 0 radical (unpaired) electrons. The molecule has 90 valence electrons. The maximum absolute atomic E-state index is 11.8. The van der Waals surface area contributed by atoms with Crippen LogP contribution in [0.4, 0.5) is 0 Å². The normalized spacial score (nSPS) is 29.8. The summed E-state index contributed by atoms with van der Waals surface area (Å²) in [6.45, 7) is 0.785. The van der Waals surface area contributed by atoms with E-state index in [2.05, 4.69) is 5.32 Å². The fourth-order valence-corrected chi connectivity index (χ4v) is 2.53. The van der Waals surface area contributed by atoms with Gasteiger partial charge < -0.3 is 10.4 Å². The zero-order valence-corrected chi connectivity index (χ0v) is 9.45. The molecule has 4 nitrogen and oxygen atoms in total. The number of carbonyl (C=O) groups is 2. The van der Waals surface area contributed by atoms with Crippen molar-refractivity contribution >= 4 is 11.9 Å². The number of carboxylic acid groups (broad SMARTS) is 1. The molecular weight excluding hydrogens is 206 g/mol. The van der Waals surface area contributed by atoms with E-state index in [1.54, 1.807) is 0 Å². The van der Waals surface area contributed by atoms with Gasteiger partial charge in [-0.3, -0.25) is 9.59 Å². The molecule has 0 aromatic heterocycles. The van der Waals surface area contributed by atoms with Crippen molar-refractivity contribution in [2.24, 2.45) is 17.8 Å². The molecule has 16 heavy (non-hydrogen) atoms. The van der Waals surface area contributed by atoms with Gasteiger partial charge in [-0.05, 0) is 38.0 Å². The summed E-state index contributed by atoms with van der Waals surface area (Å²) in [5, 5.41) is 11.8. The van der Waals surface area contributed by atoms with Gasteiger partial charge >= 0.3 is 5.97 Å². The van der Waals surface area contributed by atoms with Crippen molar-refractivity contribution < 1.29 is 14.7 Å². The highest BCUT2D eigenvalue weighted by Crippen LogP contribution is 2.31. The minimum absolute atomic E-state index is 0.0654. The van der Waals surface area contributed by atoms with Crippen LogP contribution < -0.4 is 5.32 Å². The van der Waals surface area contributed by atoms with Crippen molar-refractivity contribution in [1.29, 1.82) is 0 Å². The van der Waals surface area contributed by atoms with Crippen LogP contribution in [-0.4, -0.2) is 23.5 Å². The lowest BCUT2D eigenvalue weighted by atomic mass is 9.85. The van der Waals surface area contributed by atoms with Gasteiger partial charge in [0.2, 0.25) is 5.91 Å². The highest BCUT2D eigenvalue weighted by molar-refractivity contribution is 5.80. The quantitative estimate of drug-likeness (QED) is 0.760. The van der Waals surface area contributed by atoms with Gasteiger partial charge in [-0.2, -0.15) is 0 Å². The number of carbonyl (C=O) groups excluding carboxylic acids is 1. The summed E-state index contributed by atoms with van der Waals surface area (Å²) >= 11 is 0. The Bertz CT molecular complexity index is 286. The van der Waals surface area contributed by atoms with Gasteiger partial charge in [0.05, 0.1) is 5.92 Å². The number of hydrogen-bond acceptors (Lipinski definition) is 2. The Morgan fingerprint density at radius 2 is 1.81 bits per heavy atom. The molecule has 0 heterocycles. The van der Waals surface area contributed by atoms with Gasteiger partial charge in [0.25, 0.3) is 0 Å². The van der Waals surface area contributed by atoms with E-state index in [-0.39, 0.29) is 17.7 Å². The van der Waals surface area contributed by atoms with Gasteiger partial charge in [0.1, 0.15) is 0 Å². The third-order valence-electron chi connectivity index (χ3n) is 3.94. The second kappa shape index (κ2) is 4.85. The molecule has 2 rings (SSSR count). The monoisotopic (exact) mass is 225 g/mol. The zero-order valence-electron chi connectivity index (χ0n) is 9.45. The van der Waals surface area contributed by atoms with E-state index in [1.165, 1.54) is 19.3 Å². The smallest absolute Gasteiger partial charge is 0.306 e. The Labute approximate surface area is 95.4 Å². The molecule has 0 aliphatic heterocycles. The first-order chi connectivity index (χ1) is 7.66. The highest BCUT2D eigenvalue weighted by atomic mass is 16.4. The van der Waals surface area contributed by atoms with Crippen molar-refractivity contribution in [2.45, 2.75) is 38.5 Å². The number of hydrogen-bond donors (Lipinski definition) is 2. The highest BCUT2D eigenvalue weighted by Gasteiger charge is 2.34. The lowest BCUT2D eigenvalue weighted by Crippen LogP contribution is -2.35. The number of nitrogens with one attached hydrogen (secondary N) is 1. The fourth-order valence-electron chi connectivity index (χ4n) is 2.53. The van der Waals surface area contributed by atoms with Gasteiger partial charge in [-0.1, -0.05) is 6.42 Å². The third kappa shape index (κ3) is 2.54. The van der Waals surface area contributed by atoms with Crippen molar-refractivity contribution in [2.75, 3.05) is 6.54 Å². The predicted molar refractivity (Wildman–Crippen MR) is 58.8 cm³/mol. The Kier molecular flexibility index (Phi) is 3.46. The number of rotatable bonds is 4. The van der Waals surface area contributed by atoms with Crippen LogP contribution in [0.2, 0.25) is 0 Å². The van der Waals surface area contributed by atoms with Crippen molar-refractivity contribution in [3.63, 3.8) is 0 Å². The van der Waals surface area contributed by atoms with E-state index < -0.39 is 5.97 Å². The minimum Gasteiger partial charge on any atom is -0.481 e. The standard InChI is InChI=1S/C12H19NO3/c14-11(13-7-8-2-1-3-8)9-4-5-10(6-9)12(15)16/h8-10H,1-7H2,(H,13,14)(H,15,16). The van der Waals surface area contributed by atoms with Gasteiger partial charge in [0, 0.05) is 12.5 Å². The molecule has 0 saturated heterocycles. The van der Waals surface area contributed by atoms with E-state index in [4.69, 9.17) is 5.11 Å². The Hall–Kier alpha value is -1.06. The molecule has 4 heteroatoms. The van der Waals surface area contributed by atoms with Crippen LogP contribution in [0.1, 0.15) is 38.5 Å². The zero-order chi connectivity index (χ0) is 11.5. The summed E-state index contributed by atoms with van der Waals surface area (Å²) in [6, 6.07) is 0. The lowest BCUT2D eigenvalue weighted by Gasteiger charge is -2.26. The lowest BCUT2D eigenvalue weighted by molar-refractivity contribution is -0.141. The second-order valence-corrected chi connectivity index (χ2v) is 5.09. The summed E-state index contributed by atoms with van der Waals surface area (Å²) in [7, 11) is 0. The molecule has 2 aliphatic carbocycles. The van der Waals surface area contributed by atoms with Crippen LogP contribution >= 0.6 is 0 Å². The number of aliphatic carboxylic acids is 1. The van der Waals surface area contributed by atoms with Gasteiger partial charge in [-0.25, -0.2) is 0 Å². The van der Waals surface area contributed by atoms with E-state index in [0.717, 1.165) is 13.0 Å². The molecule has 0 aromatic rings. The van der Waals surface area contributed by atoms with E-state index in [0.29, 0.717) is 18.8 Å². The minimum atomic E-state index is -0.755. The average Bonchev–Trinajstić information content (AvgIpc) is 2.63. The van der Waals surface area contributed by atoms with E-state index in [9.17, 15) is 9.59 Å². The van der Waals surface area contributed by atoms with Crippen molar-refractivity contribution in [1.82, 2.24) is 5.32 Å². The largest absolute Gasteiger partial charge is 0.481 e. The summed E-state index contributed by atoms with van der Waals surface area (Å²) in [5.41, 5.74) is 0. The van der Waals surface area contributed by atoms with E-state index in [1.807, 2.05) is 0 Å². The molecule has 2 fully saturated rings. The molecule has 1 amide bonds.